The van der Waals surface area contributed by atoms with Crippen LogP contribution in [0.3, 0.4) is 0 Å². The molecule has 3 atom stereocenters. The van der Waals surface area contributed by atoms with E-state index in [1.807, 2.05) is 0 Å². The first kappa shape index (κ1) is 18.3. The Balaban J connectivity index is 4.21. The first-order valence-electron chi connectivity index (χ1n) is 5.75. The van der Waals surface area contributed by atoms with Gasteiger partial charge in [0, 0.05) is 6.42 Å². The summed E-state index contributed by atoms with van der Waals surface area (Å²) in [5.74, 6) is -3.56. The van der Waals surface area contributed by atoms with Gasteiger partial charge in [-0.25, -0.2) is 0 Å². The van der Waals surface area contributed by atoms with Crippen molar-refractivity contribution >= 4 is 33.0 Å². The predicted octanol–water partition coefficient (Wildman–Crippen LogP) is -2.26. The molecule has 0 aromatic heterocycles. The maximum atomic E-state index is 11.5. The molecule has 0 aromatic rings. The van der Waals surface area contributed by atoms with Crippen molar-refractivity contribution in [1.82, 2.24) is 10.6 Å². The summed E-state index contributed by atoms with van der Waals surface area (Å²) in [6.07, 6.45) is 0.00447. The Morgan fingerprint density at radius 2 is 1.80 bits per heavy atom. The molecule has 0 saturated heterocycles. The molecule has 0 aliphatic carbocycles. The Hall–Kier alpha value is -1.73. The van der Waals surface area contributed by atoms with Crippen LogP contribution in [0.4, 0.5) is 0 Å². The molecular formula is C10H18N3O6P. The molecule has 0 radical (unpaired) electrons. The van der Waals surface area contributed by atoms with E-state index in [0.717, 1.165) is 0 Å². The fraction of sp³-hybridized carbons (Fsp3) is 0.600. The quantitative estimate of drug-likeness (QED) is 0.300. The average molecular weight is 307 g/mol. The van der Waals surface area contributed by atoms with Crippen LogP contribution in [0.25, 0.3) is 0 Å². The molecular weight excluding hydrogens is 289 g/mol. The number of carbonyl (C=O) groups is 4. The Kier molecular flexibility index (Phi) is 8.42. The van der Waals surface area contributed by atoms with E-state index in [1.54, 1.807) is 0 Å². The van der Waals surface area contributed by atoms with Crippen molar-refractivity contribution in [3.8, 4) is 0 Å². The molecule has 0 saturated carbocycles. The summed E-state index contributed by atoms with van der Waals surface area (Å²) in [4.78, 5) is 43.8. The number of carboxylic acids is 2. The minimum absolute atomic E-state index is 0.0541. The maximum absolute atomic E-state index is 11.5. The summed E-state index contributed by atoms with van der Waals surface area (Å²) in [5, 5.41) is 21.5. The van der Waals surface area contributed by atoms with E-state index in [0.29, 0.717) is 0 Å². The molecule has 2 amide bonds. The van der Waals surface area contributed by atoms with E-state index in [-0.39, 0.29) is 19.0 Å². The predicted molar refractivity (Wildman–Crippen MR) is 72.0 cm³/mol. The van der Waals surface area contributed by atoms with Crippen LogP contribution in [0.15, 0.2) is 0 Å². The number of hydrogen-bond acceptors (Lipinski definition) is 5. The van der Waals surface area contributed by atoms with E-state index < -0.39 is 42.4 Å². The summed E-state index contributed by atoms with van der Waals surface area (Å²) in [5.41, 5.74) is 5.24. The minimum Gasteiger partial charge on any atom is -0.480 e. The number of amides is 2. The highest BCUT2D eigenvalue weighted by Crippen LogP contribution is 1.98. The van der Waals surface area contributed by atoms with Crippen LogP contribution in [0.1, 0.15) is 12.8 Å². The van der Waals surface area contributed by atoms with Gasteiger partial charge in [-0.2, -0.15) is 0 Å². The highest BCUT2D eigenvalue weighted by atomic mass is 31.0. The van der Waals surface area contributed by atoms with Crippen LogP contribution in [0.2, 0.25) is 0 Å². The lowest BCUT2D eigenvalue weighted by Crippen LogP contribution is -2.49. The molecule has 9 nitrogen and oxygen atoms in total. The van der Waals surface area contributed by atoms with Gasteiger partial charge in [-0.3, -0.25) is 19.2 Å². The van der Waals surface area contributed by atoms with Crippen molar-refractivity contribution in [1.29, 1.82) is 0 Å². The number of nitrogens with two attached hydrogens (primary N) is 1. The number of rotatable bonds is 9. The smallest absolute Gasteiger partial charge is 0.322 e. The van der Waals surface area contributed by atoms with E-state index in [4.69, 9.17) is 15.9 Å². The molecule has 0 bridgehead atoms. The van der Waals surface area contributed by atoms with E-state index in [9.17, 15) is 19.2 Å². The molecule has 0 rings (SSSR count). The second kappa shape index (κ2) is 9.22. The normalized spacial score (nSPS) is 13.1. The highest BCUT2D eigenvalue weighted by Gasteiger charge is 2.20. The lowest BCUT2D eigenvalue weighted by Gasteiger charge is -2.16. The topological polar surface area (TPSA) is 159 Å². The highest BCUT2D eigenvalue weighted by molar-refractivity contribution is 7.16. The molecule has 6 N–H and O–H groups in total. The number of hydrogen-bond donors (Lipinski definition) is 5. The molecule has 2 unspecified atom stereocenters. The van der Waals surface area contributed by atoms with Crippen LogP contribution in [-0.2, 0) is 19.2 Å². The van der Waals surface area contributed by atoms with Gasteiger partial charge >= 0.3 is 11.9 Å². The second-order valence-electron chi connectivity index (χ2n) is 3.95. The van der Waals surface area contributed by atoms with Gasteiger partial charge in [0.25, 0.3) is 0 Å². The first-order valence-corrected chi connectivity index (χ1v) is 6.56. The van der Waals surface area contributed by atoms with Crippen LogP contribution in [0, 0.1) is 0 Å². The Labute approximate surface area is 117 Å². The Morgan fingerprint density at radius 1 is 1.20 bits per heavy atom. The summed E-state index contributed by atoms with van der Waals surface area (Å²) in [6.45, 7) is -0.542. The monoisotopic (exact) mass is 307 g/mol. The molecule has 10 heteroatoms. The third-order valence-corrected chi connectivity index (χ3v) is 2.77. The number of nitrogens with one attached hydrogen (secondary N) is 2. The van der Waals surface area contributed by atoms with Gasteiger partial charge in [0.15, 0.2) is 0 Å². The average Bonchev–Trinajstić information content (AvgIpc) is 2.38. The first-order chi connectivity index (χ1) is 9.27. The SMILES string of the molecule is NC(CCC(=O)N[C@@H](CP)C(=O)NCC(=O)O)C(=O)O. The molecule has 0 heterocycles. The summed E-state index contributed by atoms with van der Waals surface area (Å²) in [6, 6.07) is -2.04. The standard InChI is InChI=1S/C10H18N3O6P/c11-5(10(18)19)1-2-7(14)13-6(4-20)9(17)12-3-8(15)16/h5-6H,1-4,11,20H2,(H,12,17)(H,13,14)(H,15,16)(H,18,19)/t5?,6-/m0/s1. The largest absolute Gasteiger partial charge is 0.480 e. The molecule has 0 aliphatic rings. The lowest BCUT2D eigenvalue weighted by molar-refractivity contribution is -0.139. The lowest BCUT2D eigenvalue weighted by atomic mass is 10.1. The fourth-order valence-electron chi connectivity index (χ4n) is 1.19. The summed E-state index contributed by atoms with van der Waals surface area (Å²) >= 11 is 0. The van der Waals surface area contributed by atoms with Gasteiger partial charge in [0.2, 0.25) is 11.8 Å². The summed E-state index contributed by atoms with van der Waals surface area (Å²) in [7, 11) is 2.25. The molecule has 0 spiro atoms. The van der Waals surface area contributed by atoms with Gasteiger partial charge in [-0.15, -0.1) is 9.24 Å². The van der Waals surface area contributed by atoms with Gasteiger partial charge in [-0.05, 0) is 12.6 Å². The van der Waals surface area contributed by atoms with Crippen molar-refractivity contribution in [2.24, 2.45) is 5.73 Å². The van der Waals surface area contributed by atoms with Crippen LogP contribution in [0.5, 0.6) is 0 Å². The Bertz CT molecular complexity index is 389. The van der Waals surface area contributed by atoms with Crippen LogP contribution < -0.4 is 16.4 Å². The van der Waals surface area contributed by atoms with E-state index >= 15 is 0 Å². The zero-order valence-corrected chi connectivity index (χ0v) is 11.8. The van der Waals surface area contributed by atoms with Gasteiger partial charge in [0.1, 0.15) is 18.6 Å². The maximum Gasteiger partial charge on any atom is 0.322 e. The zero-order valence-electron chi connectivity index (χ0n) is 10.7. The summed E-state index contributed by atoms with van der Waals surface area (Å²) < 4.78 is 0. The van der Waals surface area contributed by atoms with Crippen molar-refractivity contribution in [2.45, 2.75) is 24.9 Å². The zero-order chi connectivity index (χ0) is 15.7. The van der Waals surface area contributed by atoms with Gasteiger partial charge in [-0.1, -0.05) is 0 Å². The molecule has 20 heavy (non-hydrogen) atoms. The van der Waals surface area contributed by atoms with Crippen molar-refractivity contribution in [2.75, 3.05) is 12.7 Å². The number of carbonyl (C=O) groups excluding carboxylic acids is 2. The van der Waals surface area contributed by atoms with E-state index in [2.05, 4.69) is 19.9 Å². The van der Waals surface area contributed by atoms with Crippen LogP contribution >= 0.6 is 9.24 Å². The molecule has 0 fully saturated rings. The molecule has 114 valence electrons. The van der Waals surface area contributed by atoms with Crippen molar-refractivity contribution in [3.63, 3.8) is 0 Å². The van der Waals surface area contributed by atoms with Crippen molar-refractivity contribution in [3.05, 3.63) is 0 Å². The fourth-order valence-corrected chi connectivity index (χ4v) is 1.53. The third kappa shape index (κ3) is 7.65. The number of aliphatic carboxylic acids is 2. The minimum atomic E-state index is -1.21. The van der Waals surface area contributed by atoms with Crippen LogP contribution in [-0.4, -0.2) is 58.8 Å². The van der Waals surface area contributed by atoms with E-state index in [1.165, 1.54) is 0 Å². The second-order valence-corrected chi connectivity index (χ2v) is 4.42. The van der Waals surface area contributed by atoms with Gasteiger partial charge in [0.05, 0.1) is 0 Å². The third-order valence-electron chi connectivity index (χ3n) is 2.30. The Morgan fingerprint density at radius 3 is 2.25 bits per heavy atom. The molecule has 0 aliphatic heterocycles. The number of carboxylic acid groups (broad SMARTS) is 2. The molecule has 0 aromatic carbocycles. The van der Waals surface area contributed by atoms with Gasteiger partial charge < -0.3 is 26.6 Å². The van der Waals surface area contributed by atoms with Crippen molar-refractivity contribution < 1.29 is 29.4 Å².